The quantitative estimate of drug-likeness (QED) is 0.638. The molecule has 0 unspecified atom stereocenters. The van der Waals surface area contributed by atoms with Crippen LogP contribution < -0.4 is 20.9 Å². The number of nitrogens with one attached hydrogen (secondary N) is 2. The monoisotopic (exact) mass is 426 g/mol. The maximum absolute atomic E-state index is 13.0. The van der Waals surface area contributed by atoms with Gasteiger partial charge in [0, 0.05) is 31.2 Å². The standard InChI is InChI=1S/C21H22N4O6/c1-31-17-5-3-2-4-14(17)22-21(30)23-15-6-7-16-13-8-12(10-25(16)18(15)26)9-24(11-13)19(27)20(28)29/h2-7,12-13H,8-11H2,1H3,(H,28,29)(H2,22,23,30)/t12-,13-/m1/s1. The molecular weight excluding hydrogens is 404 g/mol. The lowest BCUT2D eigenvalue weighted by atomic mass is 9.83. The number of methoxy groups -OCH3 is 1. The van der Waals surface area contributed by atoms with Crippen LogP contribution in [0.4, 0.5) is 16.2 Å². The Morgan fingerprint density at radius 1 is 1.03 bits per heavy atom. The van der Waals surface area contributed by atoms with Crippen molar-refractivity contribution >= 4 is 29.3 Å². The normalized spacial score (nSPS) is 19.2. The second-order valence-electron chi connectivity index (χ2n) is 7.68. The number of rotatable bonds is 3. The fourth-order valence-electron chi connectivity index (χ4n) is 4.37. The fraction of sp³-hybridized carbons (Fsp3) is 0.333. The van der Waals surface area contributed by atoms with Crippen molar-refractivity contribution in [2.24, 2.45) is 5.92 Å². The van der Waals surface area contributed by atoms with Gasteiger partial charge in [0.1, 0.15) is 11.4 Å². The lowest BCUT2D eigenvalue weighted by Gasteiger charge is -2.42. The molecule has 0 saturated carbocycles. The smallest absolute Gasteiger partial charge is 0.394 e. The Balaban J connectivity index is 1.53. The zero-order chi connectivity index (χ0) is 22.1. The van der Waals surface area contributed by atoms with E-state index in [4.69, 9.17) is 9.84 Å². The van der Waals surface area contributed by atoms with E-state index in [1.54, 1.807) is 34.9 Å². The van der Waals surface area contributed by atoms with Gasteiger partial charge in [-0.1, -0.05) is 12.1 Å². The molecule has 3 amide bonds. The van der Waals surface area contributed by atoms with Gasteiger partial charge in [-0.2, -0.15) is 0 Å². The minimum Gasteiger partial charge on any atom is -0.495 e. The number of carbonyl (C=O) groups excluding carboxylic acids is 2. The summed E-state index contributed by atoms with van der Waals surface area (Å²) in [5.74, 6) is -2.05. The number of fused-ring (bicyclic) bond motifs is 4. The number of urea groups is 1. The molecule has 1 saturated heterocycles. The number of piperidine rings is 1. The SMILES string of the molecule is COc1ccccc1NC(=O)Nc1ccc2n(c1=O)C[C@@H]1C[C@@H]2CN(C(=O)C(=O)O)C1. The molecule has 0 radical (unpaired) electrons. The minimum atomic E-state index is -1.47. The van der Waals surface area contributed by atoms with Crippen molar-refractivity contribution in [3.05, 3.63) is 52.4 Å². The predicted molar refractivity (Wildman–Crippen MR) is 111 cm³/mol. The summed E-state index contributed by atoms with van der Waals surface area (Å²) >= 11 is 0. The number of pyridine rings is 1. The molecule has 1 aromatic heterocycles. The Bertz CT molecular complexity index is 1110. The first-order chi connectivity index (χ1) is 14.9. The van der Waals surface area contributed by atoms with E-state index in [0.717, 1.165) is 12.1 Å². The number of para-hydroxylation sites is 2. The Morgan fingerprint density at radius 2 is 1.77 bits per heavy atom. The molecule has 162 valence electrons. The summed E-state index contributed by atoms with van der Waals surface area (Å²) in [5, 5.41) is 14.2. The third-order valence-corrected chi connectivity index (χ3v) is 5.68. The number of carboxylic acid groups (broad SMARTS) is 1. The highest BCUT2D eigenvalue weighted by Crippen LogP contribution is 2.35. The molecule has 2 aliphatic rings. The number of carbonyl (C=O) groups is 3. The van der Waals surface area contributed by atoms with Crippen LogP contribution in [-0.4, -0.2) is 52.7 Å². The highest BCUT2D eigenvalue weighted by Gasteiger charge is 2.38. The first-order valence-corrected chi connectivity index (χ1v) is 9.84. The number of aliphatic carboxylic acids is 1. The molecule has 3 heterocycles. The Kier molecular flexibility index (Phi) is 5.37. The first-order valence-electron chi connectivity index (χ1n) is 9.84. The van der Waals surface area contributed by atoms with Crippen molar-refractivity contribution in [1.82, 2.24) is 9.47 Å². The molecule has 3 N–H and O–H groups in total. The number of benzene rings is 1. The average molecular weight is 426 g/mol. The van der Waals surface area contributed by atoms with Gasteiger partial charge >= 0.3 is 17.9 Å². The van der Waals surface area contributed by atoms with Gasteiger partial charge in [-0.15, -0.1) is 0 Å². The van der Waals surface area contributed by atoms with E-state index < -0.39 is 17.9 Å². The highest BCUT2D eigenvalue weighted by atomic mass is 16.5. The molecule has 2 aromatic rings. The van der Waals surface area contributed by atoms with Crippen molar-refractivity contribution in [3.63, 3.8) is 0 Å². The van der Waals surface area contributed by atoms with Gasteiger partial charge in [-0.3, -0.25) is 9.59 Å². The zero-order valence-electron chi connectivity index (χ0n) is 16.8. The molecule has 10 heteroatoms. The molecule has 2 atom stereocenters. The van der Waals surface area contributed by atoms with E-state index in [0.29, 0.717) is 24.5 Å². The van der Waals surface area contributed by atoms with E-state index in [1.165, 1.54) is 18.1 Å². The van der Waals surface area contributed by atoms with Crippen LogP contribution in [0.15, 0.2) is 41.2 Å². The largest absolute Gasteiger partial charge is 0.495 e. The summed E-state index contributed by atoms with van der Waals surface area (Å²) in [7, 11) is 1.50. The van der Waals surface area contributed by atoms with Gasteiger partial charge < -0.3 is 29.9 Å². The number of aromatic nitrogens is 1. The third kappa shape index (κ3) is 3.96. The first kappa shape index (κ1) is 20.5. The number of anilines is 2. The third-order valence-electron chi connectivity index (χ3n) is 5.68. The summed E-state index contributed by atoms with van der Waals surface area (Å²) in [5.41, 5.74) is 1.01. The minimum absolute atomic E-state index is 0.0232. The van der Waals surface area contributed by atoms with Gasteiger partial charge in [-0.05, 0) is 36.6 Å². The number of hydrogen-bond donors (Lipinski definition) is 3. The van der Waals surface area contributed by atoms with Crippen molar-refractivity contribution < 1.29 is 24.2 Å². The Morgan fingerprint density at radius 3 is 2.52 bits per heavy atom. The number of amides is 3. The van der Waals surface area contributed by atoms with Crippen LogP contribution >= 0.6 is 0 Å². The molecule has 0 spiro atoms. The molecule has 4 rings (SSSR count). The highest BCUT2D eigenvalue weighted by molar-refractivity contribution is 6.31. The Hall–Kier alpha value is -3.82. The van der Waals surface area contributed by atoms with Crippen LogP contribution in [0.2, 0.25) is 0 Å². The molecule has 1 fully saturated rings. The van der Waals surface area contributed by atoms with Gasteiger partial charge in [0.15, 0.2) is 0 Å². The van der Waals surface area contributed by atoms with Crippen LogP contribution in [0.5, 0.6) is 5.75 Å². The predicted octanol–water partition coefficient (Wildman–Crippen LogP) is 1.53. The Labute approximate surface area is 177 Å². The molecular formula is C21H22N4O6. The maximum Gasteiger partial charge on any atom is 0.394 e. The van der Waals surface area contributed by atoms with Crippen molar-refractivity contribution in [2.45, 2.75) is 18.9 Å². The van der Waals surface area contributed by atoms with Gasteiger partial charge in [-0.25, -0.2) is 9.59 Å². The number of hydrogen-bond acceptors (Lipinski definition) is 5. The maximum atomic E-state index is 13.0. The topological polar surface area (TPSA) is 130 Å². The number of nitrogens with zero attached hydrogens (tertiary/aromatic N) is 2. The van der Waals surface area contributed by atoms with Gasteiger partial charge in [0.25, 0.3) is 5.56 Å². The second kappa shape index (κ2) is 8.13. The lowest BCUT2D eigenvalue weighted by molar-refractivity contribution is -0.157. The van der Waals surface area contributed by atoms with Crippen molar-refractivity contribution in [1.29, 1.82) is 0 Å². The van der Waals surface area contributed by atoms with Gasteiger partial charge in [0.05, 0.1) is 12.8 Å². The summed E-state index contributed by atoms with van der Waals surface area (Å²) in [4.78, 5) is 49.7. The lowest BCUT2D eigenvalue weighted by Crippen LogP contribution is -2.51. The summed E-state index contributed by atoms with van der Waals surface area (Å²) in [6.07, 6.45) is 0.782. The van der Waals surface area contributed by atoms with Crippen LogP contribution in [0.3, 0.4) is 0 Å². The zero-order valence-corrected chi connectivity index (χ0v) is 16.8. The molecule has 31 heavy (non-hydrogen) atoms. The number of carboxylic acids is 1. The van der Waals surface area contributed by atoms with Crippen LogP contribution in [0.25, 0.3) is 0 Å². The molecule has 1 aromatic carbocycles. The summed E-state index contributed by atoms with van der Waals surface area (Å²) < 4.78 is 6.82. The van der Waals surface area contributed by atoms with Crippen LogP contribution in [0, 0.1) is 5.92 Å². The van der Waals surface area contributed by atoms with Gasteiger partial charge in [0.2, 0.25) is 0 Å². The fourth-order valence-corrected chi connectivity index (χ4v) is 4.37. The molecule has 2 aliphatic heterocycles. The van der Waals surface area contributed by atoms with E-state index in [1.807, 2.05) is 0 Å². The van der Waals surface area contributed by atoms with E-state index >= 15 is 0 Å². The van der Waals surface area contributed by atoms with E-state index in [9.17, 15) is 19.2 Å². The molecule has 2 bridgehead atoms. The average Bonchev–Trinajstić information content (AvgIpc) is 2.75. The molecule has 10 nitrogen and oxygen atoms in total. The number of ether oxygens (including phenoxy) is 1. The molecule has 0 aliphatic carbocycles. The second-order valence-corrected chi connectivity index (χ2v) is 7.68. The van der Waals surface area contributed by atoms with E-state index in [-0.39, 0.29) is 29.6 Å². The van der Waals surface area contributed by atoms with E-state index in [2.05, 4.69) is 10.6 Å². The van der Waals surface area contributed by atoms with Crippen molar-refractivity contribution in [3.8, 4) is 5.75 Å². The summed E-state index contributed by atoms with van der Waals surface area (Å²) in [6.45, 7) is 0.902. The van der Waals surface area contributed by atoms with Crippen molar-refractivity contribution in [2.75, 3.05) is 30.8 Å². The number of likely N-dealkylation sites (tertiary alicyclic amines) is 1. The van der Waals surface area contributed by atoms with Crippen LogP contribution in [0.1, 0.15) is 18.0 Å². The summed E-state index contributed by atoms with van der Waals surface area (Å²) in [6, 6.07) is 9.63. The van der Waals surface area contributed by atoms with Crippen LogP contribution in [-0.2, 0) is 16.1 Å².